The van der Waals surface area contributed by atoms with Gasteiger partial charge in [0.1, 0.15) is 11.6 Å². The lowest BCUT2D eigenvalue weighted by atomic mass is 10.3. The minimum absolute atomic E-state index is 0.822. The number of aromatic nitrogens is 4. The maximum absolute atomic E-state index is 4.12. The molecule has 0 unspecified atom stereocenters. The third-order valence-electron chi connectivity index (χ3n) is 1.79. The largest absolute Gasteiger partial charge is 0.242 e. The van der Waals surface area contributed by atoms with E-state index < -0.39 is 0 Å². The molecule has 0 N–H and O–H groups in total. The first kappa shape index (κ1) is 12.2. The van der Waals surface area contributed by atoms with Crippen LogP contribution in [0.2, 0.25) is 0 Å². The SMILES string of the molecule is Cc1cc(C)nc(C)n1.Cc1ncccn1. The summed E-state index contributed by atoms with van der Waals surface area (Å²) >= 11 is 0. The van der Waals surface area contributed by atoms with Crippen LogP contribution in [0.3, 0.4) is 0 Å². The van der Waals surface area contributed by atoms with Crippen LogP contribution in [0, 0.1) is 27.7 Å². The summed E-state index contributed by atoms with van der Waals surface area (Å²) in [5.74, 6) is 1.68. The van der Waals surface area contributed by atoms with Gasteiger partial charge in [-0.25, -0.2) is 19.9 Å². The number of rotatable bonds is 0. The molecule has 0 saturated heterocycles. The predicted octanol–water partition coefficient (Wildman–Crippen LogP) is 2.19. The van der Waals surface area contributed by atoms with E-state index in [1.54, 1.807) is 18.5 Å². The lowest BCUT2D eigenvalue weighted by Gasteiger charge is -1.95. The van der Waals surface area contributed by atoms with Gasteiger partial charge in [0.05, 0.1) is 0 Å². The molecule has 16 heavy (non-hydrogen) atoms. The summed E-state index contributed by atoms with van der Waals surface area (Å²) in [5, 5.41) is 0. The molecule has 0 aromatic carbocycles. The van der Waals surface area contributed by atoms with E-state index in [2.05, 4.69) is 19.9 Å². The molecule has 4 heteroatoms. The van der Waals surface area contributed by atoms with Crippen molar-refractivity contribution in [2.75, 3.05) is 0 Å². The second-order valence-corrected chi connectivity index (χ2v) is 3.49. The molecule has 0 radical (unpaired) electrons. The molecule has 0 bridgehead atoms. The molecular weight excluding hydrogens is 200 g/mol. The van der Waals surface area contributed by atoms with Gasteiger partial charge in [-0.1, -0.05) is 0 Å². The van der Waals surface area contributed by atoms with E-state index >= 15 is 0 Å². The van der Waals surface area contributed by atoms with Crippen LogP contribution in [0.15, 0.2) is 24.5 Å². The highest BCUT2D eigenvalue weighted by Crippen LogP contribution is 1.96. The first-order valence-electron chi connectivity index (χ1n) is 5.10. The average molecular weight is 216 g/mol. The minimum atomic E-state index is 0.822. The number of aryl methyl sites for hydroxylation is 4. The topological polar surface area (TPSA) is 51.6 Å². The van der Waals surface area contributed by atoms with Crippen LogP contribution in [-0.4, -0.2) is 19.9 Å². The highest BCUT2D eigenvalue weighted by molar-refractivity contribution is 5.07. The normalized spacial score (nSPS) is 9.25. The predicted molar refractivity (Wildman–Crippen MR) is 63.0 cm³/mol. The van der Waals surface area contributed by atoms with Crippen molar-refractivity contribution in [2.45, 2.75) is 27.7 Å². The summed E-state index contributed by atoms with van der Waals surface area (Å²) in [6.45, 7) is 7.71. The highest BCUT2D eigenvalue weighted by Gasteiger charge is 1.90. The molecule has 0 atom stereocenters. The van der Waals surface area contributed by atoms with Crippen LogP contribution in [0.4, 0.5) is 0 Å². The lowest BCUT2D eigenvalue weighted by Crippen LogP contribution is -1.91. The zero-order valence-electron chi connectivity index (χ0n) is 10.1. The molecule has 4 nitrogen and oxygen atoms in total. The molecule has 2 rings (SSSR count). The summed E-state index contributed by atoms with van der Waals surface area (Å²) in [5.41, 5.74) is 2.08. The first-order chi connectivity index (χ1) is 7.58. The van der Waals surface area contributed by atoms with Crippen molar-refractivity contribution in [1.82, 2.24) is 19.9 Å². The molecule has 0 aliphatic carbocycles. The quantitative estimate of drug-likeness (QED) is 0.677. The van der Waals surface area contributed by atoms with Gasteiger partial charge < -0.3 is 0 Å². The molecule has 2 heterocycles. The van der Waals surface area contributed by atoms with Gasteiger partial charge in [0.15, 0.2) is 0 Å². The standard InChI is InChI=1S/C7H10N2.C5H6N2/c1-5-4-6(2)9-7(3)8-5;1-5-6-3-2-4-7-5/h4H,1-3H3;2-4H,1H3. The van der Waals surface area contributed by atoms with Crippen LogP contribution in [-0.2, 0) is 0 Å². The number of hydrogen-bond acceptors (Lipinski definition) is 4. The fourth-order valence-corrected chi connectivity index (χ4v) is 1.28. The van der Waals surface area contributed by atoms with Gasteiger partial charge in [0.25, 0.3) is 0 Å². The maximum atomic E-state index is 4.12. The second-order valence-electron chi connectivity index (χ2n) is 3.49. The molecule has 2 aromatic heterocycles. The van der Waals surface area contributed by atoms with E-state index in [0.29, 0.717) is 0 Å². The Morgan fingerprint density at radius 2 is 1.25 bits per heavy atom. The molecule has 84 valence electrons. The van der Waals surface area contributed by atoms with Gasteiger partial charge in [-0.15, -0.1) is 0 Å². The fraction of sp³-hybridized carbons (Fsp3) is 0.333. The van der Waals surface area contributed by atoms with Crippen LogP contribution in [0.1, 0.15) is 23.0 Å². The lowest BCUT2D eigenvalue weighted by molar-refractivity contribution is 0.976. The second kappa shape index (κ2) is 5.90. The Balaban J connectivity index is 0.000000165. The third kappa shape index (κ3) is 4.59. The summed E-state index contributed by atoms with van der Waals surface area (Å²) in [7, 11) is 0. The molecule has 2 aromatic rings. The average Bonchev–Trinajstić information content (AvgIpc) is 2.17. The van der Waals surface area contributed by atoms with Crippen molar-refractivity contribution >= 4 is 0 Å². The Kier molecular flexibility index (Phi) is 4.51. The van der Waals surface area contributed by atoms with Crippen LogP contribution >= 0.6 is 0 Å². The summed E-state index contributed by atoms with van der Waals surface area (Å²) in [4.78, 5) is 16.0. The summed E-state index contributed by atoms with van der Waals surface area (Å²) in [6, 6.07) is 3.76. The van der Waals surface area contributed by atoms with Crippen LogP contribution < -0.4 is 0 Å². The highest BCUT2D eigenvalue weighted by atomic mass is 14.9. The van der Waals surface area contributed by atoms with E-state index in [4.69, 9.17) is 0 Å². The van der Waals surface area contributed by atoms with Crippen LogP contribution in [0.5, 0.6) is 0 Å². The first-order valence-corrected chi connectivity index (χ1v) is 5.10. The number of nitrogens with zero attached hydrogens (tertiary/aromatic N) is 4. The zero-order valence-corrected chi connectivity index (χ0v) is 10.1. The van der Waals surface area contributed by atoms with Gasteiger partial charge >= 0.3 is 0 Å². The maximum Gasteiger partial charge on any atom is 0.125 e. The van der Waals surface area contributed by atoms with E-state index in [1.807, 2.05) is 33.8 Å². The Labute approximate surface area is 95.8 Å². The van der Waals surface area contributed by atoms with E-state index in [0.717, 1.165) is 23.0 Å². The van der Waals surface area contributed by atoms with Crippen molar-refractivity contribution in [1.29, 1.82) is 0 Å². The van der Waals surface area contributed by atoms with Crippen molar-refractivity contribution in [3.8, 4) is 0 Å². The van der Waals surface area contributed by atoms with Gasteiger partial charge in [-0.2, -0.15) is 0 Å². The van der Waals surface area contributed by atoms with Crippen molar-refractivity contribution in [3.05, 3.63) is 47.6 Å². The molecule has 0 amide bonds. The Morgan fingerprint density at radius 3 is 1.56 bits per heavy atom. The Morgan fingerprint density at radius 1 is 0.750 bits per heavy atom. The van der Waals surface area contributed by atoms with Crippen LogP contribution in [0.25, 0.3) is 0 Å². The van der Waals surface area contributed by atoms with Gasteiger partial charge in [0, 0.05) is 23.8 Å². The Bertz CT molecular complexity index is 390. The molecule has 0 saturated carbocycles. The molecule has 0 fully saturated rings. The molecule has 0 aliphatic rings. The van der Waals surface area contributed by atoms with Crippen molar-refractivity contribution in [2.24, 2.45) is 0 Å². The summed E-state index contributed by atoms with van der Waals surface area (Å²) < 4.78 is 0. The van der Waals surface area contributed by atoms with E-state index in [1.165, 1.54) is 0 Å². The van der Waals surface area contributed by atoms with Gasteiger partial charge in [0.2, 0.25) is 0 Å². The van der Waals surface area contributed by atoms with Crippen molar-refractivity contribution < 1.29 is 0 Å². The summed E-state index contributed by atoms with van der Waals surface area (Å²) in [6.07, 6.45) is 3.45. The van der Waals surface area contributed by atoms with Crippen molar-refractivity contribution in [3.63, 3.8) is 0 Å². The smallest absolute Gasteiger partial charge is 0.125 e. The Hall–Kier alpha value is -1.84. The molecular formula is C12H16N4. The number of hydrogen-bond donors (Lipinski definition) is 0. The molecule has 0 aliphatic heterocycles. The van der Waals surface area contributed by atoms with E-state index in [9.17, 15) is 0 Å². The molecule has 0 spiro atoms. The third-order valence-corrected chi connectivity index (χ3v) is 1.79. The fourth-order valence-electron chi connectivity index (χ4n) is 1.28. The monoisotopic (exact) mass is 216 g/mol. The van der Waals surface area contributed by atoms with E-state index in [-0.39, 0.29) is 0 Å². The zero-order chi connectivity index (χ0) is 12.0. The van der Waals surface area contributed by atoms with Gasteiger partial charge in [-0.05, 0) is 39.8 Å². The van der Waals surface area contributed by atoms with Gasteiger partial charge in [-0.3, -0.25) is 0 Å². The minimum Gasteiger partial charge on any atom is -0.242 e.